The van der Waals surface area contributed by atoms with Crippen molar-refractivity contribution >= 4 is 11.9 Å². The van der Waals surface area contributed by atoms with E-state index in [1.165, 1.54) is 103 Å². The quantitative estimate of drug-likeness (QED) is 0.0322. The van der Waals surface area contributed by atoms with Crippen molar-refractivity contribution in [3.8, 4) is 0 Å². The van der Waals surface area contributed by atoms with Crippen LogP contribution in [-0.4, -0.2) is 46.9 Å². The topological polar surface area (TPSA) is 95.9 Å². The molecule has 61 heavy (non-hydrogen) atoms. The summed E-state index contributed by atoms with van der Waals surface area (Å²) in [7, 11) is 0. The molecule has 0 heterocycles. The van der Waals surface area contributed by atoms with E-state index in [0.29, 0.717) is 19.3 Å². The van der Waals surface area contributed by atoms with Gasteiger partial charge in [0.05, 0.1) is 25.2 Å². The van der Waals surface area contributed by atoms with Crippen LogP contribution in [0.5, 0.6) is 0 Å². The zero-order valence-corrected chi connectivity index (χ0v) is 39.8. The normalized spacial score (nSPS) is 14.0. The van der Waals surface area contributed by atoms with Gasteiger partial charge in [-0.2, -0.15) is 0 Å². The van der Waals surface area contributed by atoms with Gasteiger partial charge in [-0.15, -0.1) is 0 Å². The molecule has 3 unspecified atom stereocenters. The number of amides is 1. The van der Waals surface area contributed by atoms with Gasteiger partial charge in [-0.25, -0.2) is 0 Å². The van der Waals surface area contributed by atoms with E-state index in [9.17, 15) is 19.8 Å². The second-order valence-electron chi connectivity index (χ2n) is 17.0. The molecule has 0 saturated heterocycles. The van der Waals surface area contributed by atoms with E-state index in [1.807, 2.05) is 48.6 Å². The molecule has 0 aromatic heterocycles. The van der Waals surface area contributed by atoms with Gasteiger partial charge in [0.25, 0.3) is 0 Å². The fourth-order valence-electron chi connectivity index (χ4n) is 7.27. The maximum atomic E-state index is 13.2. The van der Waals surface area contributed by atoms with Crippen LogP contribution in [0.15, 0.2) is 85.1 Å². The van der Waals surface area contributed by atoms with Crippen molar-refractivity contribution in [2.24, 2.45) is 0 Å². The van der Waals surface area contributed by atoms with Crippen molar-refractivity contribution in [2.75, 3.05) is 6.61 Å². The maximum absolute atomic E-state index is 13.2. The molecule has 0 radical (unpaired) electrons. The van der Waals surface area contributed by atoms with Crippen molar-refractivity contribution in [3.63, 3.8) is 0 Å². The summed E-state index contributed by atoms with van der Waals surface area (Å²) in [5, 5.41) is 23.7. The lowest BCUT2D eigenvalue weighted by Crippen LogP contribution is -2.46. The summed E-state index contributed by atoms with van der Waals surface area (Å²) in [6.45, 7) is 6.29. The van der Waals surface area contributed by atoms with Crippen LogP contribution in [0.3, 0.4) is 0 Å². The Kier molecular flexibility index (Phi) is 45.7. The van der Waals surface area contributed by atoms with Crippen molar-refractivity contribution in [1.29, 1.82) is 0 Å². The molecule has 0 aromatic rings. The number of ether oxygens (including phenoxy) is 1. The van der Waals surface area contributed by atoms with Gasteiger partial charge in [-0.1, -0.05) is 234 Å². The first-order valence-electron chi connectivity index (χ1n) is 25.4. The molecule has 0 fully saturated rings. The van der Waals surface area contributed by atoms with Crippen LogP contribution in [0.2, 0.25) is 0 Å². The van der Waals surface area contributed by atoms with Crippen LogP contribution in [-0.2, 0) is 14.3 Å². The third kappa shape index (κ3) is 43.5. The first-order valence-corrected chi connectivity index (χ1v) is 25.4. The summed E-state index contributed by atoms with van der Waals surface area (Å²) in [4.78, 5) is 26.1. The molecule has 0 aliphatic rings. The summed E-state index contributed by atoms with van der Waals surface area (Å²) in [5.41, 5.74) is 0. The van der Waals surface area contributed by atoms with E-state index in [2.05, 4.69) is 62.5 Å². The number of carbonyl (C=O) groups is 2. The Labute approximate surface area is 376 Å². The molecule has 0 rings (SSSR count). The average Bonchev–Trinajstić information content (AvgIpc) is 3.25. The molecule has 3 N–H and O–H groups in total. The zero-order chi connectivity index (χ0) is 44.5. The molecule has 0 spiro atoms. The van der Waals surface area contributed by atoms with Crippen LogP contribution >= 0.6 is 0 Å². The molecule has 0 bridgehead atoms. The second kappa shape index (κ2) is 48.1. The highest BCUT2D eigenvalue weighted by molar-refractivity contribution is 5.77. The van der Waals surface area contributed by atoms with Crippen molar-refractivity contribution in [3.05, 3.63) is 85.1 Å². The number of rotatable bonds is 44. The number of carbonyl (C=O) groups excluding carboxylic acids is 2. The van der Waals surface area contributed by atoms with E-state index in [4.69, 9.17) is 4.74 Å². The minimum atomic E-state index is -0.812. The third-order valence-electron chi connectivity index (χ3n) is 11.1. The molecule has 0 aliphatic heterocycles. The SMILES string of the molecule is CC/C=C/C=C/C=C\C=C/C=C/CCCC(CC(=O)NC(CO)C(O)CCCCCCCCCCCCC)OC(=O)CCCCCCC/C=C/C=C/CCCCCCCCC. The van der Waals surface area contributed by atoms with Gasteiger partial charge >= 0.3 is 5.97 Å². The van der Waals surface area contributed by atoms with Gasteiger partial charge in [-0.3, -0.25) is 9.59 Å². The number of allylic oxidation sites excluding steroid dienone is 14. The number of aliphatic hydroxyl groups excluding tert-OH is 2. The number of esters is 1. The molecular weight excluding hydrogens is 755 g/mol. The lowest BCUT2D eigenvalue weighted by molar-refractivity contribution is -0.151. The first-order chi connectivity index (χ1) is 30.0. The summed E-state index contributed by atoms with van der Waals surface area (Å²) in [5.74, 6) is -0.569. The molecule has 6 nitrogen and oxygen atoms in total. The number of aliphatic hydroxyl groups is 2. The Morgan fingerprint density at radius 3 is 1.39 bits per heavy atom. The van der Waals surface area contributed by atoms with Crippen molar-refractivity contribution in [1.82, 2.24) is 5.32 Å². The Balaban J connectivity index is 4.70. The highest BCUT2D eigenvalue weighted by Gasteiger charge is 2.24. The molecule has 1 amide bonds. The van der Waals surface area contributed by atoms with E-state index in [1.54, 1.807) is 0 Å². The lowest BCUT2D eigenvalue weighted by Gasteiger charge is -2.24. The van der Waals surface area contributed by atoms with Gasteiger partial charge < -0.3 is 20.3 Å². The Morgan fingerprint density at radius 1 is 0.492 bits per heavy atom. The van der Waals surface area contributed by atoms with Gasteiger partial charge in [0.1, 0.15) is 6.10 Å². The predicted octanol–water partition coefficient (Wildman–Crippen LogP) is 15.2. The Morgan fingerprint density at radius 2 is 0.902 bits per heavy atom. The average molecular weight is 850 g/mol. The highest BCUT2D eigenvalue weighted by atomic mass is 16.5. The summed E-state index contributed by atoms with van der Waals surface area (Å²) in [6, 6.07) is -0.731. The molecular formula is C55H95NO5. The molecule has 3 atom stereocenters. The number of hydrogen-bond acceptors (Lipinski definition) is 5. The molecule has 0 aromatic carbocycles. The number of unbranched alkanes of at least 4 members (excludes halogenated alkanes) is 23. The van der Waals surface area contributed by atoms with Gasteiger partial charge in [0, 0.05) is 6.42 Å². The van der Waals surface area contributed by atoms with Crippen LogP contribution in [0.4, 0.5) is 0 Å². The maximum Gasteiger partial charge on any atom is 0.306 e. The highest BCUT2D eigenvalue weighted by Crippen LogP contribution is 2.16. The second-order valence-corrected chi connectivity index (χ2v) is 17.0. The predicted molar refractivity (Wildman–Crippen MR) is 264 cm³/mol. The standard InChI is InChI=1S/C55H95NO5/c1-4-7-10-13-16-19-22-24-25-26-27-28-30-33-36-39-42-45-48-55(60)61-51(46-43-40-37-34-32-29-23-20-17-14-11-8-5-2)49-54(59)56-52(50-57)53(58)47-44-41-38-35-31-21-18-15-12-9-6-3/h8,11,14,17,20,23,25-29,32,34,37,51-53,57-58H,4-7,9-10,12-13,15-16,18-19,21-22,24,30-31,33,35-36,38-50H2,1-3H3,(H,56,59)/b11-8+,17-14+,23-20-,26-25+,28-27+,32-29-,37-34+. The van der Waals surface area contributed by atoms with Gasteiger partial charge in [-0.05, 0) is 64.2 Å². The first kappa shape index (κ1) is 58.0. The number of hydrogen-bond donors (Lipinski definition) is 3. The molecule has 0 saturated carbocycles. The summed E-state index contributed by atoms with van der Waals surface area (Å²) < 4.78 is 5.88. The Bertz CT molecular complexity index is 1180. The molecule has 350 valence electrons. The number of nitrogens with one attached hydrogen (secondary N) is 1. The van der Waals surface area contributed by atoms with Gasteiger partial charge in [0.2, 0.25) is 5.91 Å². The minimum Gasteiger partial charge on any atom is -0.462 e. The fraction of sp³-hybridized carbons (Fsp3) is 0.709. The smallest absolute Gasteiger partial charge is 0.306 e. The zero-order valence-electron chi connectivity index (χ0n) is 39.8. The van der Waals surface area contributed by atoms with Crippen LogP contribution < -0.4 is 5.32 Å². The molecule has 0 aliphatic carbocycles. The third-order valence-corrected chi connectivity index (χ3v) is 11.1. The van der Waals surface area contributed by atoms with Crippen LogP contribution in [0.1, 0.15) is 226 Å². The van der Waals surface area contributed by atoms with Gasteiger partial charge in [0.15, 0.2) is 0 Å². The fourth-order valence-corrected chi connectivity index (χ4v) is 7.27. The van der Waals surface area contributed by atoms with E-state index >= 15 is 0 Å². The monoisotopic (exact) mass is 850 g/mol. The lowest BCUT2D eigenvalue weighted by atomic mass is 10.0. The van der Waals surface area contributed by atoms with Crippen molar-refractivity contribution < 1.29 is 24.5 Å². The largest absolute Gasteiger partial charge is 0.462 e. The van der Waals surface area contributed by atoms with E-state index < -0.39 is 18.2 Å². The summed E-state index contributed by atoms with van der Waals surface area (Å²) in [6.07, 6.45) is 62.2. The van der Waals surface area contributed by atoms with E-state index in [0.717, 1.165) is 77.0 Å². The van der Waals surface area contributed by atoms with E-state index in [-0.39, 0.29) is 24.9 Å². The summed E-state index contributed by atoms with van der Waals surface area (Å²) >= 11 is 0. The molecule has 6 heteroatoms. The van der Waals surface area contributed by atoms with Crippen LogP contribution in [0.25, 0.3) is 0 Å². The van der Waals surface area contributed by atoms with Crippen LogP contribution in [0, 0.1) is 0 Å². The van der Waals surface area contributed by atoms with Crippen molar-refractivity contribution in [2.45, 2.75) is 244 Å². The minimum absolute atomic E-state index is 0.0185. The Hall–Kier alpha value is -2.96.